The van der Waals surface area contributed by atoms with Gasteiger partial charge in [0, 0.05) is 25.2 Å². The van der Waals surface area contributed by atoms with E-state index >= 15 is 0 Å². The predicted molar refractivity (Wildman–Crippen MR) is 98.5 cm³/mol. The Labute approximate surface area is 143 Å². The van der Waals surface area contributed by atoms with Gasteiger partial charge in [0.25, 0.3) is 0 Å². The van der Waals surface area contributed by atoms with Crippen LogP contribution in [0.4, 0.5) is 10.5 Å². The summed E-state index contributed by atoms with van der Waals surface area (Å²) in [5.74, 6) is 0.877. The maximum absolute atomic E-state index is 12.3. The molecule has 0 spiro atoms. The highest BCUT2D eigenvalue weighted by molar-refractivity contribution is 6.01. The van der Waals surface area contributed by atoms with Crippen LogP contribution in [0, 0.1) is 13.8 Å². The number of hydrogen-bond acceptors (Lipinski definition) is 1. The minimum atomic E-state index is -0.289. The smallest absolute Gasteiger partial charge is 0.347 e. The Hall–Kier alpha value is -2.62. The molecule has 1 fully saturated rings. The lowest BCUT2D eigenvalue weighted by atomic mass is 10.1. The van der Waals surface area contributed by atoms with E-state index in [9.17, 15) is 4.79 Å². The Bertz CT molecular complexity index is 732. The van der Waals surface area contributed by atoms with Gasteiger partial charge >= 0.3 is 6.03 Å². The molecular weight excluding hydrogens is 298 g/mol. The molecule has 1 heterocycles. The zero-order chi connectivity index (χ0) is 16.9. The fraction of sp³-hybridized carbons (Fsp3) is 0.300. The fourth-order valence-electron chi connectivity index (χ4n) is 3.08. The van der Waals surface area contributed by atoms with Crippen LogP contribution in [0.5, 0.6) is 0 Å². The summed E-state index contributed by atoms with van der Waals surface area (Å²) < 4.78 is 0. The minimum Gasteiger partial charge on any atom is -0.356 e. The Morgan fingerprint density at radius 3 is 2.50 bits per heavy atom. The molecule has 1 aliphatic rings. The van der Waals surface area contributed by atoms with Gasteiger partial charge in [-0.2, -0.15) is 4.99 Å². The number of likely N-dealkylation sites (tertiary alicyclic amines) is 1. The van der Waals surface area contributed by atoms with E-state index in [0.29, 0.717) is 0 Å². The molecule has 2 aromatic rings. The highest BCUT2D eigenvalue weighted by Crippen LogP contribution is 2.20. The number of amides is 2. The van der Waals surface area contributed by atoms with E-state index in [2.05, 4.69) is 27.3 Å². The van der Waals surface area contributed by atoms with E-state index in [0.717, 1.165) is 48.6 Å². The molecule has 3 rings (SSSR count). The molecule has 2 aromatic carbocycles. The van der Waals surface area contributed by atoms with Gasteiger partial charge in [0.2, 0.25) is 0 Å². The number of nitrogens with zero attached hydrogens (tertiary/aromatic N) is 2. The number of urea groups is 1. The van der Waals surface area contributed by atoms with Gasteiger partial charge in [0.1, 0.15) is 5.84 Å². The van der Waals surface area contributed by atoms with Crippen LogP contribution >= 0.6 is 0 Å². The maximum atomic E-state index is 12.3. The van der Waals surface area contributed by atoms with Gasteiger partial charge in [-0.3, -0.25) is 0 Å². The summed E-state index contributed by atoms with van der Waals surface area (Å²) in [6.07, 6.45) is 1.90. The summed E-state index contributed by atoms with van der Waals surface area (Å²) in [7, 11) is 0. The van der Waals surface area contributed by atoms with Crippen LogP contribution in [0.25, 0.3) is 0 Å². The van der Waals surface area contributed by atoms with Crippen molar-refractivity contribution >= 4 is 17.6 Å². The lowest BCUT2D eigenvalue weighted by Gasteiger charge is -2.19. The molecule has 4 nitrogen and oxygen atoms in total. The van der Waals surface area contributed by atoms with Crippen LogP contribution < -0.4 is 5.32 Å². The van der Waals surface area contributed by atoms with Crippen LogP contribution in [0.1, 0.15) is 29.5 Å². The highest BCUT2D eigenvalue weighted by Gasteiger charge is 2.20. The summed E-state index contributed by atoms with van der Waals surface area (Å²) >= 11 is 0. The van der Waals surface area contributed by atoms with Gasteiger partial charge in [-0.15, -0.1) is 0 Å². The molecule has 0 bridgehead atoms. The highest BCUT2D eigenvalue weighted by atomic mass is 16.2. The molecule has 0 radical (unpaired) electrons. The van der Waals surface area contributed by atoms with E-state index < -0.39 is 0 Å². The molecule has 124 valence electrons. The van der Waals surface area contributed by atoms with Crippen LogP contribution in [-0.2, 0) is 6.54 Å². The molecule has 0 saturated carbocycles. The average molecular weight is 321 g/mol. The number of aliphatic imine (C=N–C) groups is 1. The Morgan fingerprint density at radius 1 is 1.08 bits per heavy atom. The zero-order valence-electron chi connectivity index (χ0n) is 14.2. The van der Waals surface area contributed by atoms with Gasteiger partial charge in [0.15, 0.2) is 0 Å². The molecule has 24 heavy (non-hydrogen) atoms. The molecule has 0 aromatic heterocycles. The molecule has 4 heteroatoms. The van der Waals surface area contributed by atoms with Crippen LogP contribution in [0.2, 0.25) is 0 Å². The molecular formula is C20H23N3O. The van der Waals surface area contributed by atoms with Crippen LogP contribution in [0.3, 0.4) is 0 Å². The summed E-state index contributed by atoms with van der Waals surface area (Å²) in [5, 5.41) is 2.94. The standard InChI is InChI=1S/C20H23N3O/c1-15-8-6-9-16(2)19(15)22-20(24)21-18-12-7-13-23(18)14-17-10-4-3-5-11-17/h3-6,8-11H,7,12-14H2,1-2H3,(H,22,24)/b21-18+. The molecule has 0 aliphatic carbocycles. The number of rotatable bonds is 3. The maximum Gasteiger partial charge on any atom is 0.347 e. The first-order chi connectivity index (χ1) is 11.6. The number of para-hydroxylation sites is 1. The second-order valence-corrected chi connectivity index (χ2v) is 6.24. The number of aryl methyl sites for hydroxylation is 2. The van der Waals surface area contributed by atoms with Crippen LogP contribution in [0.15, 0.2) is 53.5 Å². The first-order valence-electron chi connectivity index (χ1n) is 8.37. The Morgan fingerprint density at radius 2 is 1.79 bits per heavy atom. The number of amidine groups is 1. The Balaban J connectivity index is 1.71. The van der Waals surface area contributed by atoms with Crippen LogP contribution in [-0.4, -0.2) is 23.3 Å². The van der Waals surface area contributed by atoms with E-state index in [4.69, 9.17) is 0 Å². The van der Waals surface area contributed by atoms with Crippen molar-refractivity contribution in [2.24, 2.45) is 4.99 Å². The van der Waals surface area contributed by atoms with E-state index in [-0.39, 0.29) is 6.03 Å². The molecule has 0 atom stereocenters. The van der Waals surface area contributed by atoms with Crippen molar-refractivity contribution in [3.63, 3.8) is 0 Å². The quantitative estimate of drug-likeness (QED) is 0.902. The van der Waals surface area contributed by atoms with Gasteiger partial charge in [-0.25, -0.2) is 4.79 Å². The summed E-state index contributed by atoms with van der Waals surface area (Å²) in [4.78, 5) is 18.9. The van der Waals surface area contributed by atoms with Crippen molar-refractivity contribution in [1.82, 2.24) is 4.90 Å². The number of hydrogen-bond donors (Lipinski definition) is 1. The van der Waals surface area contributed by atoms with E-state index in [1.165, 1.54) is 5.56 Å². The lowest BCUT2D eigenvalue weighted by molar-refractivity contribution is 0.259. The third-order valence-corrected chi connectivity index (χ3v) is 4.35. The number of carbonyl (C=O) groups is 1. The van der Waals surface area contributed by atoms with Gasteiger partial charge in [-0.05, 0) is 37.0 Å². The third kappa shape index (κ3) is 3.82. The first-order valence-corrected chi connectivity index (χ1v) is 8.37. The van der Waals surface area contributed by atoms with Crippen molar-refractivity contribution in [1.29, 1.82) is 0 Å². The van der Waals surface area contributed by atoms with Crippen molar-refractivity contribution in [3.8, 4) is 0 Å². The number of nitrogens with one attached hydrogen (secondary N) is 1. The third-order valence-electron chi connectivity index (χ3n) is 4.35. The van der Waals surface area contributed by atoms with Gasteiger partial charge in [0.05, 0.1) is 0 Å². The molecule has 1 aliphatic heterocycles. The Kier molecular flexibility index (Phi) is 4.94. The second-order valence-electron chi connectivity index (χ2n) is 6.24. The zero-order valence-corrected chi connectivity index (χ0v) is 14.2. The molecule has 0 unspecified atom stereocenters. The normalized spacial score (nSPS) is 15.8. The van der Waals surface area contributed by atoms with Crippen molar-refractivity contribution in [2.75, 3.05) is 11.9 Å². The lowest BCUT2D eigenvalue weighted by Crippen LogP contribution is -2.26. The summed E-state index contributed by atoms with van der Waals surface area (Å²) in [5.41, 5.74) is 4.20. The van der Waals surface area contributed by atoms with Gasteiger partial charge in [-0.1, -0.05) is 48.5 Å². The van der Waals surface area contributed by atoms with Crippen molar-refractivity contribution < 1.29 is 4.79 Å². The minimum absolute atomic E-state index is 0.289. The van der Waals surface area contributed by atoms with Crippen molar-refractivity contribution in [2.45, 2.75) is 33.2 Å². The predicted octanol–water partition coefficient (Wildman–Crippen LogP) is 4.53. The first kappa shape index (κ1) is 16.2. The summed E-state index contributed by atoms with van der Waals surface area (Å²) in [6.45, 7) is 5.74. The monoisotopic (exact) mass is 321 g/mol. The topological polar surface area (TPSA) is 44.7 Å². The second kappa shape index (κ2) is 7.30. The van der Waals surface area contributed by atoms with Crippen molar-refractivity contribution in [3.05, 3.63) is 65.2 Å². The molecule has 1 N–H and O–H groups in total. The molecule has 2 amide bonds. The SMILES string of the molecule is Cc1cccc(C)c1NC(=O)/N=C1\CCCN1Cc1ccccc1. The number of anilines is 1. The van der Waals surface area contributed by atoms with Gasteiger partial charge < -0.3 is 10.2 Å². The summed E-state index contributed by atoms with van der Waals surface area (Å²) in [6, 6.07) is 16.0. The fourth-order valence-corrected chi connectivity index (χ4v) is 3.08. The number of benzene rings is 2. The molecule has 1 saturated heterocycles. The largest absolute Gasteiger partial charge is 0.356 e. The van der Waals surface area contributed by atoms with E-state index in [1.807, 2.05) is 50.2 Å². The number of carbonyl (C=O) groups excluding carboxylic acids is 1. The van der Waals surface area contributed by atoms with E-state index in [1.54, 1.807) is 0 Å². The average Bonchev–Trinajstić information content (AvgIpc) is 2.99.